The number of hydrogen-bond donors (Lipinski definition) is 1. The van der Waals surface area contributed by atoms with Crippen LogP contribution >= 0.6 is 0 Å². The predicted molar refractivity (Wildman–Crippen MR) is 71.3 cm³/mol. The SMILES string of the molecule is CC1CCCN(Cc2cc(C#N)ccc2F)C1C(=O)O. The molecule has 0 aromatic heterocycles. The molecule has 106 valence electrons. The molecule has 2 atom stereocenters. The minimum Gasteiger partial charge on any atom is -0.480 e. The number of rotatable bonds is 3. The molecule has 1 saturated heterocycles. The maximum Gasteiger partial charge on any atom is 0.321 e. The van der Waals surface area contributed by atoms with E-state index in [2.05, 4.69) is 0 Å². The van der Waals surface area contributed by atoms with Gasteiger partial charge in [-0.05, 0) is 43.5 Å². The first-order chi connectivity index (χ1) is 9.52. The van der Waals surface area contributed by atoms with Crippen LogP contribution in [0, 0.1) is 23.1 Å². The van der Waals surface area contributed by atoms with Crippen LogP contribution in [0.15, 0.2) is 18.2 Å². The fourth-order valence-corrected chi connectivity index (χ4v) is 2.83. The average molecular weight is 276 g/mol. The van der Waals surface area contributed by atoms with Gasteiger partial charge in [0.15, 0.2) is 0 Å². The van der Waals surface area contributed by atoms with Gasteiger partial charge in [0.1, 0.15) is 11.9 Å². The molecule has 5 heteroatoms. The number of hydrogen-bond acceptors (Lipinski definition) is 3. The number of aliphatic carboxylic acids is 1. The number of nitriles is 1. The molecule has 1 aromatic carbocycles. The second-order valence-corrected chi connectivity index (χ2v) is 5.29. The van der Waals surface area contributed by atoms with Crippen molar-refractivity contribution < 1.29 is 14.3 Å². The number of carboxylic acid groups (broad SMARTS) is 1. The highest BCUT2D eigenvalue weighted by Gasteiger charge is 2.34. The monoisotopic (exact) mass is 276 g/mol. The Hall–Kier alpha value is -1.93. The molecule has 1 fully saturated rings. The molecule has 4 nitrogen and oxygen atoms in total. The number of halogens is 1. The van der Waals surface area contributed by atoms with E-state index in [1.54, 1.807) is 4.90 Å². The Labute approximate surface area is 117 Å². The quantitative estimate of drug-likeness (QED) is 0.920. The third kappa shape index (κ3) is 2.97. The molecular formula is C15H17FN2O2. The maximum atomic E-state index is 13.8. The van der Waals surface area contributed by atoms with Crippen molar-refractivity contribution in [3.05, 3.63) is 35.1 Å². The van der Waals surface area contributed by atoms with Gasteiger partial charge in [-0.1, -0.05) is 6.92 Å². The van der Waals surface area contributed by atoms with Crippen molar-refractivity contribution in [2.24, 2.45) is 5.92 Å². The molecule has 0 amide bonds. The van der Waals surface area contributed by atoms with Crippen LogP contribution in [0.25, 0.3) is 0 Å². The first-order valence-corrected chi connectivity index (χ1v) is 6.68. The van der Waals surface area contributed by atoms with E-state index in [9.17, 15) is 14.3 Å². The summed E-state index contributed by atoms with van der Waals surface area (Å²) < 4.78 is 13.8. The Morgan fingerprint density at radius 3 is 3.00 bits per heavy atom. The minimum absolute atomic E-state index is 0.0449. The van der Waals surface area contributed by atoms with Crippen LogP contribution in [0.4, 0.5) is 4.39 Å². The number of nitrogens with zero attached hydrogens (tertiary/aromatic N) is 2. The van der Waals surface area contributed by atoms with Gasteiger partial charge in [0.25, 0.3) is 0 Å². The van der Waals surface area contributed by atoms with Crippen molar-refractivity contribution in [2.75, 3.05) is 6.54 Å². The van der Waals surface area contributed by atoms with Crippen molar-refractivity contribution in [2.45, 2.75) is 32.4 Å². The summed E-state index contributed by atoms with van der Waals surface area (Å²) in [7, 11) is 0. The van der Waals surface area contributed by atoms with Crippen LogP contribution in [0.3, 0.4) is 0 Å². The van der Waals surface area contributed by atoms with E-state index in [-0.39, 0.29) is 12.5 Å². The Morgan fingerprint density at radius 1 is 1.60 bits per heavy atom. The number of carboxylic acids is 1. The number of likely N-dealkylation sites (tertiary alicyclic amines) is 1. The molecule has 2 rings (SSSR count). The minimum atomic E-state index is -0.867. The van der Waals surface area contributed by atoms with Gasteiger partial charge in [-0.3, -0.25) is 9.69 Å². The van der Waals surface area contributed by atoms with Gasteiger partial charge < -0.3 is 5.11 Å². The molecule has 0 radical (unpaired) electrons. The molecular weight excluding hydrogens is 259 g/mol. The van der Waals surface area contributed by atoms with Gasteiger partial charge in [0.05, 0.1) is 11.6 Å². The fraction of sp³-hybridized carbons (Fsp3) is 0.467. The molecule has 20 heavy (non-hydrogen) atoms. The maximum absolute atomic E-state index is 13.8. The van der Waals surface area contributed by atoms with Gasteiger partial charge in [0.2, 0.25) is 0 Å². The number of benzene rings is 1. The molecule has 1 N–H and O–H groups in total. The van der Waals surface area contributed by atoms with Crippen molar-refractivity contribution in [3.8, 4) is 6.07 Å². The van der Waals surface area contributed by atoms with Crippen LogP contribution < -0.4 is 0 Å². The summed E-state index contributed by atoms with van der Waals surface area (Å²) in [6.07, 6.45) is 1.78. The van der Waals surface area contributed by atoms with Gasteiger partial charge in [-0.15, -0.1) is 0 Å². The van der Waals surface area contributed by atoms with Gasteiger partial charge >= 0.3 is 5.97 Å². The summed E-state index contributed by atoms with van der Waals surface area (Å²) >= 11 is 0. The van der Waals surface area contributed by atoms with E-state index in [1.807, 2.05) is 13.0 Å². The van der Waals surface area contributed by atoms with E-state index in [0.29, 0.717) is 17.7 Å². The second kappa shape index (κ2) is 6.02. The topological polar surface area (TPSA) is 64.3 Å². The van der Waals surface area contributed by atoms with Gasteiger partial charge in [-0.2, -0.15) is 5.26 Å². The van der Waals surface area contributed by atoms with Crippen LogP contribution in [0.5, 0.6) is 0 Å². The van der Waals surface area contributed by atoms with Crippen LogP contribution in [0.1, 0.15) is 30.9 Å². The standard InChI is InChI=1S/C15H17FN2O2/c1-10-3-2-6-18(14(10)15(19)20)9-12-7-11(8-17)4-5-13(12)16/h4-5,7,10,14H,2-3,6,9H2,1H3,(H,19,20). The molecule has 1 aliphatic rings. The van der Waals surface area contributed by atoms with E-state index < -0.39 is 17.8 Å². The Morgan fingerprint density at radius 2 is 2.35 bits per heavy atom. The van der Waals surface area contributed by atoms with Crippen LogP contribution in [-0.2, 0) is 11.3 Å². The molecule has 0 saturated carbocycles. The van der Waals surface area contributed by atoms with Gasteiger partial charge in [0, 0.05) is 12.1 Å². The summed E-state index contributed by atoms with van der Waals surface area (Å²) in [5.41, 5.74) is 0.766. The molecule has 0 aliphatic carbocycles. The normalized spacial score (nSPS) is 23.2. The van der Waals surface area contributed by atoms with Crippen molar-refractivity contribution in [1.82, 2.24) is 4.90 Å². The highest BCUT2D eigenvalue weighted by atomic mass is 19.1. The van der Waals surface area contributed by atoms with Crippen molar-refractivity contribution in [1.29, 1.82) is 5.26 Å². The summed E-state index contributed by atoms with van der Waals surface area (Å²) in [5, 5.41) is 18.2. The van der Waals surface area contributed by atoms with E-state index in [0.717, 1.165) is 12.8 Å². The third-order valence-electron chi connectivity index (χ3n) is 3.84. The first kappa shape index (κ1) is 14.5. The largest absolute Gasteiger partial charge is 0.480 e. The Balaban J connectivity index is 2.23. The lowest BCUT2D eigenvalue weighted by Crippen LogP contribution is -2.48. The zero-order chi connectivity index (χ0) is 14.7. The van der Waals surface area contributed by atoms with Gasteiger partial charge in [-0.25, -0.2) is 4.39 Å². The number of piperidine rings is 1. The van der Waals surface area contributed by atoms with Crippen molar-refractivity contribution >= 4 is 5.97 Å². The first-order valence-electron chi connectivity index (χ1n) is 6.68. The Bertz CT molecular complexity index is 553. The highest BCUT2D eigenvalue weighted by Crippen LogP contribution is 2.26. The molecule has 1 aromatic rings. The third-order valence-corrected chi connectivity index (χ3v) is 3.84. The molecule has 0 spiro atoms. The smallest absolute Gasteiger partial charge is 0.321 e. The van der Waals surface area contributed by atoms with E-state index in [1.165, 1.54) is 18.2 Å². The van der Waals surface area contributed by atoms with E-state index in [4.69, 9.17) is 5.26 Å². The van der Waals surface area contributed by atoms with E-state index >= 15 is 0 Å². The molecule has 1 aliphatic heterocycles. The Kier molecular flexibility index (Phi) is 4.35. The lowest BCUT2D eigenvalue weighted by atomic mass is 9.90. The average Bonchev–Trinajstić information content (AvgIpc) is 2.41. The highest BCUT2D eigenvalue weighted by molar-refractivity contribution is 5.74. The fourth-order valence-electron chi connectivity index (χ4n) is 2.83. The van der Waals surface area contributed by atoms with Crippen LogP contribution in [-0.4, -0.2) is 28.6 Å². The predicted octanol–water partition coefficient (Wildman–Crippen LogP) is 2.38. The number of carbonyl (C=O) groups is 1. The van der Waals surface area contributed by atoms with Crippen molar-refractivity contribution in [3.63, 3.8) is 0 Å². The zero-order valence-electron chi connectivity index (χ0n) is 11.3. The summed E-state index contributed by atoms with van der Waals surface area (Å²) in [6.45, 7) is 2.77. The second-order valence-electron chi connectivity index (χ2n) is 5.29. The molecule has 2 unspecified atom stereocenters. The molecule has 1 heterocycles. The van der Waals surface area contributed by atoms with Crippen LogP contribution in [0.2, 0.25) is 0 Å². The summed E-state index contributed by atoms with van der Waals surface area (Å²) in [6, 6.07) is 5.56. The lowest BCUT2D eigenvalue weighted by Gasteiger charge is -2.37. The molecule has 0 bridgehead atoms. The summed E-state index contributed by atoms with van der Waals surface area (Å²) in [4.78, 5) is 13.2. The summed E-state index contributed by atoms with van der Waals surface area (Å²) in [5.74, 6) is -1.22. The lowest BCUT2D eigenvalue weighted by molar-refractivity contribution is -0.147. The zero-order valence-corrected chi connectivity index (χ0v) is 11.3.